The molecule has 2 aliphatic carbocycles. The largest absolute Gasteiger partial charge is 0.457 e. The molecule has 9 aromatic rings. The maximum Gasteiger partial charge on any atom is 0.132 e. The number of para-hydroxylation sites is 1. The number of fused-ring (bicyclic) bond motifs is 13. The van der Waals surface area contributed by atoms with Crippen LogP contribution in [-0.4, -0.2) is 0 Å². The molecule has 9 aromatic carbocycles. The zero-order chi connectivity index (χ0) is 36.1. The number of hydrogen-bond donors (Lipinski definition) is 0. The number of hydrogen-bond acceptors (Lipinski definition) is 1. The van der Waals surface area contributed by atoms with Crippen LogP contribution in [0.2, 0.25) is 0 Å². The van der Waals surface area contributed by atoms with Gasteiger partial charge in [0.05, 0.1) is 10.8 Å². The Morgan fingerprint density at radius 3 is 1.49 bits per heavy atom. The molecule has 0 unspecified atom stereocenters. The molecule has 12 rings (SSSR count). The summed E-state index contributed by atoms with van der Waals surface area (Å²) in [4.78, 5) is 0. The van der Waals surface area contributed by atoms with E-state index in [2.05, 4.69) is 206 Å². The molecule has 1 nitrogen and oxygen atoms in total. The highest BCUT2D eigenvalue weighted by Gasteiger charge is 2.52. The first-order valence-corrected chi connectivity index (χ1v) is 19.2. The van der Waals surface area contributed by atoms with Crippen LogP contribution in [0.3, 0.4) is 0 Å². The second kappa shape index (κ2) is 11.3. The monoisotopic (exact) mass is 698 g/mol. The van der Waals surface area contributed by atoms with E-state index in [4.69, 9.17) is 4.74 Å². The van der Waals surface area contributed by atoms with E-state index in [9.17, 15) is 0 Å². The van der Waals surface area contributed by atoms with Gasteiger partial charge in [0.2, 0.25) is 0 Å². The lowest BCUT2D eigenvalue weighted by atomic mass is 9.64. The summed E-state index contributed by atoms with van der Waals surface area (Å²) in [6.45, 7) is 0. The fraction of sp³-hybridized carbons (Fsp3) is 0.0370. The molecule has 1 spiro atoms. The molecule has 0 bridgehead atoms. The van der Waals surface area contributed by atoms with Gasteiger partial charge in [0.15, 0.2) is 0 Å². The second-order valence-corrected chi connectivity index (χ2v) is 15.1. The molecule has 0 amide bonds. The van der Waals surface area contributed by atoms with Crippen molar-refractivity contribution < 1.29 is 4.74 Å². The van der Waals surface area contributed by atoms with Crippen LogP contribution in [-0.2, 0) is 10.8 Å². The van der Waals surface area contributed by atoms with Crippen molar-refractivity contribution in [2.75, 3.05) is 0 Å². The lowest BCUT2D eigenvalue weighted by molar-refractivity contribution is 0.437. The molecular formula is C54H34O. The molecule has 1 heteroatoms. The lowest BCUT2D eigenvalue weighted by Gasteiger charge is -2.41. The SMILES string of the molecule is c1ccc(C2(c3ccccc3)c3cc(-c4cccc5c4C4(c6ccccc6O5)c5ccccc5-c5ccccc54)ccc3-c3cc4ccccc4cc32)cc1. The molecule has 0 atom stereocenters. The van der Waals surface area contributed by atoms with E-state index in [-0.39, 0.29) is 0 Å². The van der Waals surface area contributed by atoms with Crippen molar-refractivity contribution in [2.45, 2.75) is 10.8 Å². The second-order valence-electron chi connectivity index (χ2n) is 15.1. The van der Waals surface area contributed by atoms with E-state index in [0.29, 0.717) is 0 Å². The normalized spacial score (nSPS) is 14.6. The van der Waals surface area contributed by atoms with Crippen molar-refractivity contribution in [1.82, 2.24) is 0 Å². The van der Waals surface area contributed by atoms with Gasteiger partial charge < -0.3 is 4.74 Å². The Hall–Kier alpha value is -6.96. The summed E-state index contributed by atoms with van der Waals surface area (Å²) in [6, 6.07) is 76.3. The predicted octanol–water partition coefficient (Wildman–Crippen LogP) is 13.3. The Labute approximate surface area is 320 Å². The van der Waals surface area contributed by atoms with Crippen LogP contribution < -0.4 is 4.74 Å². The first kappa shape index (κ1) is 30.5. The van der Waals surface area contributed by atoms with E-state index in [0.717, 1.165) is 11.5 Å². The number of rotatable bonds is 3. The molecule has 0 saturated heterocycles. The van der Waals surface area contributed by atoms with Gasteiger partial charge in [0.25, 0.3) is 0 Å². The van der Waals surface area contributed by atoms with Crippen LogP contribution in [0.1, 0.15) is 44.5 Å². The number of benzene rings is 9. The summed E-state index contributed by atoms with van der Waals surface area (Å²) in [5.41, 5.74) is 16.5. The van der Waals surface area contributed by atoms with Gasteiger partial charge in [-0.25, -0.2) is 0 Å². The van der Waals surface area contributed by atoms with Gasteiger partial charge in [0, 0.05) is 11.1 Å². The fourth-order valence-electron chi connectivity index (χ4n) is 10.5. The van der Waals surface area contributed by atoms with Gasteiger partial charge in [-0.2, -0.15) is 0 Å². The smallest absolute Gasteiger partial charge is 0.132 e. The maximum atomic E-state index is 6.92. The minimum atomic E-state index is -0.566. The van der Waals surface area contributed by atoms with Gasteiger partial charge >= 0.3 is 0 Å². The summed E-state index contributed by atoms with van der Waals surface area (Å²) in [6.07, 6.45) is 0. The third-order valence-electron chi connectivity index (χ3n) is 12.6. The zero-order valence-corrected chi connectivity index (χ0v) is 30.0. The average molecular weight is 699 g/mol. The molecule has 256 valence electrons. The van der Waals surface area contributed by atoms with Crippen LogP contribution >= 0.6 is 0 Å². The van der Waals surface area contributed by atoms with Gasteiger partial charge in [0.1, 0.15) is 11.5 Å². The van der Waals surface area contributed by atoms with Crippen molar-refractivity contribution in [1.29, 1.82) is 0 Å². The molecule has 1 aliphatic heterocycles. The Morgan fingerprint density at radius 2 is 0.800 bits per heavy atom. The van der Waals surface area contributed by atoms with Crippen molar-refractivity contribution in [2.24, 2.45) is 0 Å². The van der Waals surface area contributed by atoms with Crippen LogP contribution in [0.4, 0.5) is 0 Å². The van der Waals surface area contributed by atoms with E-state index in [1.54, 1.807) is 0 Å². The van der Waals surface area contributed by atoms with Crippen LogP contribution in [0.15, 0.2) is 206 Å². The van der Waals surface area contributed by atoms with E-state index in [1.165, 1.54) is 88.7 Å². The summed E-state index contributed by atoms with van der Waals surface area (Å²) < 4.78 is 6.92. The van der Waals surface area contributed by atoms with Crippen molar-refractivity contribution in [3.8, 4) is 44.9 Å². The highest BCUT2D eigenvalue weighted by atomic mass is 16.5. The molecule has 0 aromatic heterocycles. The van der Waals surface area contributed by atoms with Gasteiger partial charge in [-0.3, -0.25) is 0 Å². The van der Waals surface area contributed by atoms with Crippen molar-refractivity contribution in [3.05, 3.63) is 251 Å². The highest BCUT2D eigenvalue weighted by Crippen LogP contribution is 2.64. The van der Waals surface area contributed by atoms with Gasteiger partial charge in [-0.05, 0) is 108 Å². The predicted molar refractivity (Wildman–Crippen MR) is 224 cm³/mol. The molecule has 0 N–H and O–H groups in total. The fourth-order valence-corrected chi connectivity index (χ4v) is 10.5. The standard InChI is InChI=1S/C54H34O/c1-3-18-38(19-4-1)53(39-20-5-2-6-21-39)48-34-37(30-31-43(48)44-32-35-16-7-8-17-36(35)33-49(44)53)40-24-15-29-51-52(40)54(47-27-13-14-28-50(47)55-51)45-25-11-9-22-41(45)42-23-10-12-26-46(42)54/h1-34H. The Bertz CT molecular complexity index is 2930. The summed E-state index contributed by atoms with van der Waals surface area (Å²) in [5.74, 6) is 1.80. The highest BCUT2D eigenvalue weighted by molar-refractivity contribution is 5.98. The van der Waals surface area contributed by atoms with Crippen molar-refractivity contribution >= 4 is 10.8 Å². The van der Waals surface area contributed by atoms with Gasteiger partial charge in [-0.15, -0.1) is 0 Å². The minimum Gasteiger partial charge on any atom is -0.457 e. The van der Waals surface area contributed by atoms with Crippen LogP contribution in [0.5, 0.6) is 11.5 Å². The van der Waals surface area contributed by atoms with E-state index < -0.39 is 10.8 Å². The molecule has 3 aliphatic rings. The molecular weight excluding hydrogens is 665 g/mol. The topological polar surface area (TPSA) is 9.23 Å². The summed E-state index contributed by atoms with van der Waals surface area (Å²) >= 11 is 0. The average Bonchev–Trinajstić information content (AvgIpc) is 3.71. The first-order chi connectivity index (χ1) is 27.3. The Morgan fingerprint density at radius 1 is 0.291 bits per heavy atom. The maximum absolute atomic E-state index is 6.92. The minimum absolute atomic E-state index is 0.532. The van der Waals surface area contributed by atoms with Crippen LogP contribution in [0.25, 0.3) is 44.2 Å². The van der Waals surface area contributed by atoms with E-state index in [1.807, 2.05) is 0 Å². The quantitative estimate of drug-likeness (QED) is 0.178. The third kappa shape index (κ3) is 3.92. The number of ether oxygens (including phenoxy) is 1. The van der Waals surface area contributed by atoms with E-state index >= 15 is 0 Å². The molecule has 0 saturated carbocycles. The molecule has 55 heavy (non-hydrogen) atoms. The summed E-state index contributed by atoms with van der Waals surface area (Å²) in [7, 11) is 0. The Balaban J connectivity index is 1.20. The molecule has 0 fully saturated rings. The third-order valence-corrected chi connectivity index (χ3v) is 12.6. The van der Waals surface area contributed by atoms with Gasteiger partial charge in [-0.1, -0.05) is 176 Å². The Kier molecular flexibility index (Phi) is 6.25. The zero-order valence-electron chi connectivity index (χ0n) is 30.0. The van der Waals surface area contributed by atoms with Crippen molar-refractivity contribution in [3.63, 3.8) is 0 Å². The first-order valence-electron chi connectivity index (χ1n) is 19.2. The molecule has 1 heterocycles. The lowest BCUT2D eigenvalue weighted by Crippen LogP contribution is -2.33. The molecule has 0 radical (unpaired) electrons. The summed E-state index contributed by atoms with van der Waals surface area (Å²) in [5, 5.41) is 2.50. The van der Waals surface area contributed by atoms with Crippen LogP contribution in [0, 0.1) is 0 Å².